The molecule has 2 N–H and O–H groups in total. The summed E-state index contributed by atoms with van der Waals surface area (Å²) in [7, 11) is 0. The van der Waals surface area contributed by atoms with Crippen LogP contribution in [0.15, 0.2) is 48.0 Å². The summed E-state index contributed by atoms with van der Waals surface area (Å²) in [6.07, 6.45) is 1.42. The Morgan fingerprint density at radius 1 is 0.971 bits per heavy atom. The molecule has 4 rings (SSSR count). The Hall–Kier alpha value is -3.88. The fraction of sp³-hybridized carbons (Fsp3) is 0.120. The number of rotatable bonds is 4. The van der Waals surface area contributed by atoms with Crippen molar-refractivity contribution in [3.05, 3.63) is 86.2 Å². The maximum atomic E-state index is 13.2. The summed E-state index contributed by atoms with van der Waals surface area (Å²) in [4.78, 5) is 50.4. The van der Waals surface area contributed by atoms with Crippen LogP contribution in [0.1, 0.15) is 32.9 Å². The highest BCUT2D eigenvalue weighted by Crippen LogP contribution is 2.32. The normalized spacial score (nSPS) is 15.1. The van der Waals surface area contributed by atoms with Crippen LogP contribution in [-0.4, -0.2) is 33.5 Å². The van der Waals surface area contributed by atoms with E-state index in [1.807, 2.05) is 18.4 Å². The molecule has 0 saturated carbocycles. The van der Waals surface area contributed by atoms with Crippen LogP contribution < -0.4 is 10.2 Å². The molecular weight excluding hydrogens is 493 g/mol. The van der Waals surface area contributed by atoms with Gasteiger partial charge in [0, 0.05) is 22.1 Å². The van der Waals surface area contributed by atoms with E-state index >= 15 is 0 Å². The number of anilines is 1. The van der Waals surface area contributed by atoms with Crippen molar-refractivity contribution in [2.75, 3.05) is 4.90 Å². The van der Waals surface area contributed by atoms with E-state index in [2.05, 4.69) is 5.32 Å². The molecular formula is C25H19Cl2N3O5. The minimum Gasteiger partial charge on any atom is -0.478 e. The predicted octanol–water partition coefficient (Wildman–Crippen LogP) is 5.07. The summed E-state index contributed by atoms with van der Waals surface area (Å²) in [5.74, 6) is -2.67. The average molecular weight is 512 g/mol. The van der Waals surface area contributed by atoms with E-state index in [0.29, 0.717) is 10.6 Å². The Morgan fingerprint density at radius 3 is 2.29 bits per heavy atom. The smallest absolute Gasteiger partial charge is 0.335 e. The number of halogens is 2. The Labute approximate surface area is 210 Å². The monoisotopic (exact) mass is 511 g/mol. The number of urea groups is 1. The number of aryl methyl sites for hydroxylation is 2. The van der Waals surface area contributed by atoms with E-state index in [1.165, 1.54) is 30.3 Å². The van der Waals surface area contributed by atoms with Crippen LogP contribution in [0.5, 0.6) is 0 Å². The number of barbiturate groups is 1. The number of amides is 4. The van der Waals surface area contributed by atoms with Gasteiger partial charge in [-0.15, -0.1) is 0 Å². The van der Waals surface area contributed by atoms with Gasteiger partial charge in [0.15, 0.2) is 0 Å². The lowest BCUT2D eigenvalue weighted by atomic mass is 10.1. The highest BCUT2D eigenvalue weighted by molar-refractivity contribution is 6.42. The van der Waals surface area contributed by atoms with Crippen molar-refractivity contribution in [3.63, 3.8) is 0 Å². The molecule has 2 aromatic carbocycles. The maximum absolute atomic E-state index is 13.2. The van der Waals surface area contributed by atoms with E-state index < -0.39 is 23.8 Å². The van der Waals surface area contributed by atoms with E-state index in [1.54, 1.807) is 25.1 Å². The fourth-order valence-corrected chi connectivity index (χ4v) is 4.53. The van der Waals surface area contributed by atoms with Crippen LogP contribution in [0.3, 0.4) is 0 Å². The molecule has 0 bridgehead atoms. The largest absolute Gasteiger partial charge is 0.478 e. The zero-order valence-corrected chi connectivity index (χ0v) is 20.4. The molecule has 2 heterocycles. The van der Waals surface area contributed by atoms with Gasteiger partial charge >= 0.3 is 12.0 Å². The number of carboxylic acids is 1. The molecule has 1 aliphatic heterocycles. The molecule has 35 heavy (non-hydrogen) atoms. The molecule has 10 heteroatoms. The minimum absolute atomic E-state index is 0.0770. The molecule has 0 spiro atoms. The topological polar surface area (TPSA) is 109 Å². The number of imide groups is 2. The zero-order chi connectivity index (χ0) is 25.6. The third kappa shape index (κ3) is 4.34. The number of carbonyl (C=O) groups excluding carboxylic acids is 3. The number of benzene rings is 2. The van der Waals surface area contributed by atoms with Gasteiger partial charge in [-0.25, -0.2) is 14.5 Å². The van der Waals surface area contributed by atoms with Crippen LogP contribution in [-0.2, 0) is 9.59 Å². The fourth-order valence-electron chi connectivity index (χ4n) is 4.04. The molecule has 1 aromatic heterocycles. The predicted molar refractivity (Wildman–Crippen MR) is 132 cm³/mol. The van der Waals surface area contributed by atoms with E-state index in [-0.39, 0.29) is 21.8 Å². The molecule has 0 radical (unpaired) electrons. The number of aromatic carboxylic acids is 1. The first-order valence-electron chi connectivity index (χ1n) is 10.4. The molecule has 8 nitrogen and oxygen atoms in total. The first-order chi connectivity index (χ1) is 16.5. The highest BCUT2D eigenvalue weighted by atomic mass is 35.5. The summed E-state index contributed by atoms with van der Waals surface area (Å²) < 4.78 is 1.90. The summed E-state index contributed by atoms with van der Waals surface area (Å²) >= 11 is 12.1. The van der Waals surface area contributed by atoms with Gasteiger partial charge in [-0.1, -0.05) is 23.2 Å². The quantitative estimate of drug-likeness (QED) is 0.375. The first-order valence-corrected chi connectivity index (χ1v) is 11.1. The van der Waals surface area contributed by atoms with Crippen molar-refractivity contribution in [1.82, 2.24) is 9.88 Å². The molecule has 4 amide bonds. The lowest BCUT2D eigenvalue weighted by Gasteiger charge is -2.27. The average Bonchev–Trinajstić information content (AvgIpc) is 3.05. The Morgan fingerprint density at radius 2 is 1.66 bits per heavy atom. The zero-order valence-electron chi connectivity index (χ0n) is 18.8. The molecule has 3 aromatic rings. The minimum atomic E-state index is -1.02. The molecule has 178 valence electrons. The Kier molecular flexibility index (Phi) is 6.27. The molecule has 0 atom stereocenters. The summed E-state index contributed by atoms with van der Waals surface area (Å²) in [6.45, 7) is 5.47. The van der Waals surface area contributed by atoms with Crippen molar-refractivity contribution < 1.29 is 24.3 Å². The van der Waals surface area contributed by atoms with Crippen LogP contribution >= 0.6 is 23.2 Å². The first kappa shape index (κ1) is 24.3. The van der Waals surface area contributed by atoms with Gasteiger partial charge in [0.25, 0.3) is 11.8 Å². The molecule has 0 unspecified atom stereocenters. The van der Waals surface area contributed by atoms with Crippen LogP contribution in [0.4, 0.5) is 10.5 Å². The second kappa shape index (κ2) is 9.05. The standard InChI is InChI=1S/C25H19Cl2N3O5/c1-12-8-15(24(33)34)4-6-20(12)29-13(2)9-16(14(29)3)10-18-22(31)28-25(35)30(23(18)32)21-7-5-17(26)11-19(21)27/h4-11H,1-3H3,(H,33,34)(H,28,31,35)/b18-10+. The number of hydrogen-bond acceptors (Lipinski definition) is 4. The van der Waals surface area contributed by atoms with E-state index in [4.69, 9.17) is 23.2 Å². The van der Waals surface area contributed by atoms with Crippen molar-refractivity contribution in [3.8, 4) is 5.69 Å². The van der Waals surface area contributed by atoms with Crippen molar-refractivity contribution >= 4 is 58.8 Å². The highest BCUT2D eigenvalue weighted by Gasteiger charge is 2.38. The summed E-state index contributed by atoms with van der Waals surface area (Å²) in [6, 6.07) is 9.97. The number of carbonyl (C=O) groups is 4. The molecule has 1 fully saturated rings. The number of nitrogens with one attached hydrogen (secondary N) is 1. The summed E-state index contributed by atoms with van der Waals surface area (Å²) in [5.41, 5.74) is 3.63. The second-order valence-electron chi connectivity index (χ2n) is 8.02. The van der Waals surface area contributed by atoms with Gasteiger partial charge in [0.1, 0.15) is 5.57 Å². The number of hydrogen-bond donors (Lipinski definition) is 2. The molecule has 1 aliphatic rings. The van der Waals surface area contributed by atoms with Gasteiger partial charge in [-0.05, 0) is 80.4 Å². The van der Waals surface area contributed by atoms with E-state index in [0.717, 1.165) is 27.5 Å². The van der Waals surface area contributed by atoms with Crippen molar-refractivity contribution in [2.45, 2.75) is 20.8 Å². The lowest BCUT2D eigenvalue weighted by Crippen LogP contribution is -2.54. The van der Waals surface area contributed by atoms with Gasteiger partial charge in [-0.3, -0.25) is 14.9 Å². The molecule has 0 aliphatic carbocycles. The Balaban J connectivity index is 1.78. The van der Waals surface area contributed by atoms with Crippen molar-refractivity contribution in [2.24, 2.45) is 0 Å². The summed E-state index contributed by atoms with van der Waals surface area (Å²) in [5, 5.41) is 11.8. The lowest BCUT2D eigenvalue weighted by molar-refractivity contribution is -0.122. The van der Waals surface area contributed by atoms with Gasteiger partial charge in [-0.2, -0.15) is 0 Å². The van der Waals surface area contributed by atoms with Gasteiger partial charge in [0.05, 0.1) is 16.3 Å². The van der Waals surface area contributed by atoms with Gasteiger partial charge < -0.3 is 9.67 Å². The molecule has 1 saturated heterocycles. The number of aromatic nitrogens is 1. The maximum Gasteiger partial charge on any atom is 0.335 e. The van der Waals surface area contributed by atoms with Crippen LogP contribution in [0.2, 0.25) is 10.0 Å². The second-order valence-corrected chi connectivity index (χ2v) is 8.87. The number of carboxylic acid groups (broad SMARTS) is 1. The van der Waals surface area contributed by atoms with Crippen LogP contribution in [0.25, 0.3) is 11.8 Å². The third-order valence-electron chi connectivity index (χ3n) is 5.71. The van der Waals surface area contributed by atoms with Gasteiger partial charge in [0.2, 0.25) is 0 Å². The Bertz CT molecular complexity index is 1470. The SMILES string of the molecule is Cc1cc(C(=O)O)ccc1-n1c(C)cc(/C=C2\C(=O)NC(=O)N(c3ccc(Cl)cc3Cl)C2=O)c1C. The van der Waals surface area contributed by atoms with E-state index in [9.17, 15) is 24.3 Å². The number of nitrogens with zero attached hydrogens (tertiary/aromatic N) is 2. The third-order valence-corrected chi connectivity index (χ3v) is 6.24. The van der Waals surface area contributed by atoms with Crippen LogP contribution in [0, 0.1) is 20.8 Å². The van der Waals surface area contributed by atoms with Crippen molar-refractivity contribution in [1.29, 1.82) is 0 Å².